The maximum absolute atomic E-state index is 5.52. The van der Waals surface area contributed by atoms with Crippen molar-refractivity contribution in [3.05, 3.63) is 60.7 Å². The van der Waals surface area contributed by atoms with Gasteiger partial charge in [-0.3, -0.25) is 0 Å². The summed E-state index contributed by atoms with van der Waals surface area (Å²) in [7, 11) is 8.06. The summed E-state index contributed by atoms with van der Waals surface area (Å²) in [5.41, 5.74) is 4.43. The topological polar surface area (TPSA) is 74.8 Å². The van der Waals surface area contributed by atoms with Crippen LogP contribution in [0.5, 0.6) is 28.7 Å². The van der Waals surface area contributed by atoms with E-state index in [1.54, 1.807) is 35.5 Å². The zero-order valence-electron chi connectivity index (χ0n) is 19.3. The van der Waals surface area contributed by atoms with Crippen molar-refractivity contribution in [2.45, 2.75) is 0 Å². The first kappa shape index (κ1) is 22.1. The van der Waals surface area contributed by atoms with Gasteiger partial charge in [-0.05, 0) is 60.7 Å². The number of imidazole rings is 1. The Balaban J connectivity index is 1.89. The van der Waals surface area contributed by atoms with E-state index in [1.807, 2.05) is 60.7 Å². The second kappa shape index (κ2) is 9.56. The van der Waals surface area contributed by atoms with Crippen LogP contribution in [0.1, 0.15) is 0 Å². The highest BCUT2D eigenvalue weighted by atomic mass is 16.5. The number of benzene rings is 3. The number of hydrogen-bond donors (Lipinski definition) is 1. The van der Waals surface area contributed by atoms with Gasteiger partial charge >= 0.3 is 0 Å². The molecule has 0 aliphatic carbocycles. The number of ether oxygens (including phenoxy) is 5. The van der Waals surface area contributed by atoms with E-state index in [0.717, 1.165) is 39.6 Å². The van der Waals surface area contributed by atoms with E-state index in [4.69, 9.17) is 28.7 Å². The largest absolute Gasteiger partial charge is 0.497 e. The molecule has 4 aromatic rings. The van der Waals surface area contributed by atoms with E-state index in [9.17, 15) is 0 Å². The third-order valence-electron chi connectivity index (χ3n) is 5.38. The fraction of sp³-hybridized carbons (Fsp3) is 0.192. The predicted octanol–water partition coefficient (Wildman–Crippen LogP) is 5.45. The molecule has 33 heavy (non-hydrogen) atoms. The molecule has 1 heterocycles. The third-order valence-corrected chi connectivity index (χ3v) is 5.38. The van der Waals surface area contributed by atoms with Crippen LogP contribution in [-0.2, 0) is 0 Å². The van der Waals surface area contributed by atoms with Crippen molar-refractivity contribution in [2.75, 3.05) is 35.5 Å². The summed E-state index contributed by atoms with van der Waals surface area (Å²) in [6.07, 6.45) is 0. The molecule has 0 spiro atoms. The van der Waals surface area contributed by atoms with E-state index >= 15 is 0 Å². The van der Waals surface area contributed by atoms with Gasteiger partial charge in [0, 0.05) is 16.7 Å². The molecule has 0 aliphatic heterocycles. The summed E-state index contributed by atoms with van der Waals surface area (Å²) < 4.78 is 27.1. The Morgan fingerprint density at radius 2 is 1.09 bits per heavy atom. The predicted molar refractivity (Wildman–Crippen MR) is 128 cm³/mol. The molecule has 1 N–H and O–H groups in total. The third kappa shape index (κ3) is 4.30. The number of nitrogens with one attached hydrogen (secondary N) is 1. The minimum Gasteiger partial charge on any atom is -0.497 e. The van der Waals surface area contributed by atoms with Crippen LogP contribution in [0.2, 0.25) is 0 Å². The lowest BCUT2D eigenvalue weighted by molar-refractivity contribution is 0.324. The first-order valence-electron chi connectivity index (χ1n) is 10.3. The minimum absolute atomic E-state index is 0.529. The second-order valence-electron chi connectivity index (χ2n) is 7.18. The van der Waals surface area contributed by atoms with E-state index in [0.29, 0.717) is 23.1 Å². The normalized spacial score (nSPS) is 10.6. The Morgan fingerprint density at radius 1 is 0.576 bits per heavy atom. The van der Waals surface area contributed by atoms with Crippen LogP contribution in [0, 0.1) is 0 Å². The molecule has 0 atom stereocenters. The Kier molecular flexibility index (Phi) is 6.40. The van der Waals surface area contributed by atoms with E-state index in [1.165, 1.54) is 0 Å². The molecule has 0 fully saturated rings. The molecule has 1 aromatic heterocycles. The summed E-state index contributed by atoms with van der Waals surface area (Å²) in [5.74, 6) is 3.88. The lowest BCUT2D eigenvalue weighted by Crippen LogP contribution is -1.96. The van der Waals surface area contributed by atoms with E-state index in [-0.39, 0.29) is 0 Å². The van der Waals surface area contributed by atoms with Crippen molar-refractivity contribution in [1.82, 2.24) is 9.97 Å². The average molecular weight is 447 g/mol. The van der Waals surface area contributed by atoms with Gasteiger partial charge in [-0.2, -0.15) is 0 Å². The Morgan fingerprint density at radius 3 is 1.55 bits per heavy atom. The van der Waals surface area contributed by atoms with E-state index < -0.39 is 0 Å². The highest BCUT2D eigenvalue weighted by Gasteiger charge is 2.19. The molecule has 0 amide bonds. The van der Waals surface area contributed by atoms with Crippen LogP contribution >= 0.6 is 0 Å². The molecule has 7 heteroatoms. The van der Waals surface area contributed by atoms with Crippen LogP contribution in [0.25, 0.3) is 33.9 Å². The van der Waals surface area contributed by atoms with Gasteiger partial charge in [0.25, 0.3) is 0 Å². The number of nitrogens with zero attached hydrogens (tertiary/aromatic N) is 1. The van der Waals surface area contributed by atoms with Crippen LogP contribution < -0.4 is 23.7 Å². The lowest BCUT2D eigenvalue weighted by atomic mass is 10.0. The number of H-pyrrole nitrogens is 1. The highest BCUT2D eigenvalue weighted by Crippen LogP contribution is 2.42. The van der Waals surface area contributed by atoms with Gasteiger partial charge in [0.1, 0.15) is 17.3 Å². The average Bonchev–Trinajstić information content (AvgIpc) is 3.33. The molecule has 4 rings (SSSR count). The maximum Gasteiger partial charge on any atom is 0.203 e. The number of aromatic nitrogens is 2. The number of rotatable bonds is 8. The molecule has 0 radical (unpaired) electrons. The van der Waals surface area contributed by atoms with Crippen molar-refractivity contribution in [3.8, 4) is 62.7 Å². The molecular formula is C26H26N2O5. The van der Waals surface area contributed by atoms with Gasteiger partial charge in [0.15, 0.2) is 11.5 Å². The van der Waals surface area contributed by atoms with Gasteiger partial charge in [0.2, 0.25) is 5.75 Å². The molecule has 0 aliphatic rings. The van der Waals surface area contributed by atoms with E-state index in [2.05, 4.69) is 4.98 Å². The van der Waals surface area contributed by atoms with Crippen molar-refractivity contribution in [3.63, 3.8) is 0 Å². The number of aromatic amines is 1. The molecule has 0 unspecified atom stereocenters. The van der Waals surface area contributed by atoms with Gasteiger partial charge < -0.3 is 28.7 Å². The Labute approximate surface area is 192 Å². The zero-order chi connectivity index (χ0) is 23.4. The van der Waals surface area contributed by atoms with Gasteiger partial charge in [-0.1, -0.05) is 0 Å². The summed E-state index contributed by atoms with van der Waals surface area (Å²) in [5, 5.41) is 0. The van der Waals surface area contributed by atoms with Gasteiger partial charge in [-0.15, -0.1) is 0 Å². The first-order valence-corrected chi connectivity index (χ1v) is 10.3. The maximum atomic E-state index is 5.52. The zero-order valence-corrected chi connectivity index (χ0v) is 19.3. The van der Waals surface area contributed by atoms with Crippen LogP contribution in [0.15, 0.2) is 60.7 Å². The molecule has 3 aromatic carbocycles. The Hall–Kier alpha value is -4.13. The van der Waals surface area contributed by atoms with Crippen molar-refractivity contribution in [1.29, 1.82) is 0 Å². The Bertz CT molecular complexity index is 1140. The summed E-state index contributed by atoms with van der Waals surface area (Å²) >= 11 is 0. The number of hydrogen-bond acceptors (Lipinski definition) is 6. The highest BCUT2D eigenvalue weighted by molar-refractivity contribution is 5.82. The summed E-state index contributed by atoms with van der Waals surface area (Å²) in [6.45, 7) is 0. The number of methoxy groups -OCH3 is 5. The molecule has 0 saturated carbocycles. The molecule has 0 bridgehead atoms. The summed E-state index contributed by atoms with van der Waals surface area (Å²) in [6, 6.07) is 19.4. The minimum atomic E-state index is 0.529. The lowest BCUT2D eigenvalue weighted by Gasteiger charge is -2.13. The van der Waals surface area contributed by atoms with Gasteiger partial charge in [0.05, 0.1) is 46.9 Å². The molecule has 7 nitrogen and oxygen atoms in total. The van der Waals surface area contributed by atoms with Gasteiger partial charge in [-0.25, -0.2) is 4.98 Å². The quantitative estimate of drug-likeness (QED) is 0.388. The fourth-order valence-corrected chi connectivity index (χ4v) is 3.65. The van der Waals surface area contributed by atoms with Crippen LogP contribution in [-0.4, -0.2) is 45.5 Å². The van der Waals surface area contributed by atoms with Crippen LogP contribution in [0.4, 0.5) is 0 Å². The molecule has 170 valence electrons. The second-order valence-corrected chi connectivity index (χ2v) is 7.18. The summed E-state index contributed by atoms with van der Waals surface area (Å²) in [4.78, 5) is 8.44. The smallest absolute Gasteiger partial charge is 0.203 e. The first-order chi connectivity index (χ1) is 16.1. The van der Waals surface area contributed by atoms with Crippen molar-refractivity contribution < 1.29 is 23.7 Å². The SMILES string of the molecule is COc1ccc(-c2nc(-c3cc(OC)c(OC)c(OC)c3)[nH]c2-c2ccc(OC)cc2)cc1. The fourth-order valence-electron chi connectivity index (χ4n) is 3.65. The van der Waals surface area contributed by atoms with Crippen LogP contribution in [0.3, 0.4) is 0 Å². The standard InChI is InChI=1S/C26H26N2O5/c1-29-19-10-6-16(7-11-19)23-24(17-8-12-20(30-2)13-9-17)28-26(27-23)18-14-21(31-3)25(33-5)22(15-18)32-4/h6-15H,1-5H3,(H,27,28). The molecule has 0 saturated heterocycles. The monoisotopic (exact) mass is 446 g/mol. The van der Waals surface area contributed by atoms with Crippen molar-refractivity contribution >= 4 is 0 Å². The van der Waals surface area contributed by atoms with Crippen molar-refractivity contribution in [2.24, 2.45) is 0 Å². The molecular weight excluding hydrogens is 420 g/mol.